The molecule has 2 saturated heterocycles. The van der Waals surface area contributed by atoms with Crippen molar-refractivity contribution < 1.29 is 31.9 Å². The van der Waals surface area contributed by atoms with Gasteiger partial charge in [0.15, 0.2) is 9.84 Å². The van der Waals surface area contributed by atoms with E-state index >= 15 is 4.39 Å². The van der Waals surface area contributed by atoms with Gasteiger partial charge in [0, 0.05) is 114 Å². The van der Waals surface area contributed by atoms with Crippen molar-refractivity contribution in [3.63, 3.8) is 0 Å². The molecule has 2 aliphatic heterocycles. The third kappa shape index (κ3) is 12.9. The van der Waals surface area contributed by atoms with Gasteiger partial charge in [0.25, 0.3) is 5.69 Å². The van der Waals surface area contributed by atoms with E-state index in [-0.39, 0.29) is 40.7 Å². The highest BCUT2D eigenvalue weighted by molar-refractivity contribution is 7.99. The number of thioether (sulfide) groups is 1. The molecule has 2 aliphatic rings. The monoisotopic (exact) mass is 1070 g/mol. The van der Waals surface area contributed by atoms with Crippen molar-refractivity contribution in [2.24, 2.45) is 0 Å². The summed E-state index contributed by atoms with van der Waals surface area (Å²) in [5.41, 5.74) is 5.10. The number of aromatic nitrogens is 1. The average Bonchev–Trinajstić information content (AvgIpc) is 3.69. The van der Waals surface area contributed by atoms with E-state index in [2.05, 4.69) is 25.1 Å². The number of piperidine rings is 1. The van der Waals surface area contributed by atoms with Crippen molar-refractivity contribution >= 4 is 74.5 Å². The maximum absolute atomic E-state index is 15.8. The average molecular weight is 1070 g/mol. The van der Waals surface area contributed by atoms with Crippen LogP contribution >= 0.6 is 30.9 Å². The highest BCUT2D eigenvalue weighted by atomic mass is 35.5. The van der Waals surface area contributed by atoms with Crippen LogP contribution in [0.5, 0.6) is 0 Å². The summed E-state index contributed by atoms with van der Waals surface area (Å²) in [7, 11) is -7.63. The normalized spacial score (nSPS) is 16.1. The fourth-order valence-corrected chi connectivity index (χ4v) is 14.0. The van der Waals surface area contributed by atoms with Crippen molar-refractivity contribution in [2.45, 2.75) is 74.9 Å². The Labute approximate surface area is 437 Å². The third-order valence-electron chi connectivity index (χ3n) is 13.5. The number of nitro benzene ring substituents is 1. The van der Waals surface area contributed by atoms with E-state index in [1.165, 1.54) is 24.5 Å². The Morgan fingerprint density at radius 1 is 0.890 bits per heavy atom. The molecule has 388 valence electrons. The van der Waals surface area contributed by atoms with Crippen LogP contribution in [0, 0.1) is 22.9 Å². The topological polar surface area (TPSA) is 163 Å². The zero-order valence-electron chi connectivity index (χ0n) is 41.8. The first-order valence-electron chi connectivity index (χ1n) is 24.7. The second kappa shape index (κ2) is 23.4. The molecule has 1 unspecified atom stereocenters. The summed E-state index contributed by atoms with van der Waals surface area (Å²) in [6.45, 7) is 12.3. The number of benzene rings is 5. The smallest absolute Gasteiger partial charge is 0.324 e. The lowest BCUT2D eigenvalue weighted by molar-refractivity contribution is -0.383. The maximum Gasteiger partial charge on any atom is 0.324 e. The zero-order chi connectivity index (χ0) is 52.0. The molecule has 19 heteroatoms. The lowest BCUT2D eigenvalue weighted by Gasteiger charge is -2.37. The Morgan fingerprint density at radius 2 is 1.55 bits per heavy atom. The summed E-state index contributed by atoms with van der Waals surface area (Å²) in [4.78, 5) is 20.1. The summed E-state index contributed by atoms with van der Waals surface area (Å²) >= 11 is 7.95. The third-order valence-corrected chi connectivity index (χ3v) is 18.3. The molecule has 2 atom stereocenters. The molecular formula is C54H64ClFN7O7PS2. The number of nitro groups is 1. The zero-order valence-corrected chi connectivity index (χ0v) is 45.1. The molecule has 3 heterocycles. The van der Waals surface area contributed by atoms with E-state index in [9.17, 15) is 28.2 Å². The number of sulfone groups is 1. The molecule has 1 aromatic heterocycles. The Morgan fingerprint density at radius 3 is 2.16 bits per heavy atom. The second-order valence-electron chi connectivity index (χ2n) is 19.0. The summed E-state index contributed by atoms with van der Waals surface area (Å²) in [6, 6.07) is 33.8. The summed E-state index contributed by atoms with van der Waals surface area (Å²) in [5, 5.41) is 29.9. The standard InChI is InChI=1S/C54H64ClFN7O7PS2/c1-6-70-71(67,48-20-21-50(51(35-48)63(65)66)57-44(36-72-49-10-8-7-9-11-49)22-25-59-26-23-47(64)24-27-59)58-43-16-18-45(19-17-43)60-28-30-61(31-29-60)46-33-40(32-42(56)34-46)52-53(39-12-14-41(55)15-13-39)62(37(2)3)38(4)54(52)73(5,68)69/h7-21,32-35,37,44,47,57,64H,6,22-31,36H2,1-5H3,(H,58,67)/t44-,71?/m1/s1. The van der Waals surface area contributed by atoms with Crippen molar-refractivity contribution in [2.75, 3.05) is 84.6 Å². The van der Waals surface area contributed by atoms with Gasteiger partial charge in [-0.15, -0.1) is 11.8 Å². The van der Waals surface area contributed by atoms with Crippen LogP contribution in [0.25, 0.3) is 22.4 Å². The van der Waals surface area contributed by atoms with Crippen LogP contribution in [0.4, 0.5) is 32.8 Å². The van der Waals surface area contributed by atoms with E-state index < -0.39 is 28.1 Å². The van der Waals surface area contributed by atoms with Crippen LogP contribution in [0.3, 0.4) is 0 Å². The van der Waals surface area contributed by atoms with Gasteiger partial charge in [-0.05, 0) is 137 Å². The molecule has 0 radical (unpaired) electrons. The fraction of sp³-hybridized carbons (Fsp3) is 0.370. The molecule has 6 aromatic rings. The van der Waals surface area contributed by atoms with Gasteiger partial charge >= 0.3 is 7.52 Å². The number of aliphatic hydroxyl groups is 1. The lowest BCUT2D eigenvalue weighted by atomic mass is 9.99. The maximum atomic E-state index is 15.8. The van der Waals surface area contributed by atoms with Crippen molar-refractivity contribution in [1.82, 2.24) is 9.47 Å². The van der Waals surface area contributed by atoms with Crippen LogP contribution < -0.4 is 25.5 Å². The van der Waals surface area contributed by atoms with Crippen LogP contribution in [-0.4, -0.2) is 104 Å². The summed E-state index contributed by atoms with van der Waals surface area (Å²) in [6.07, 6.45) is 3.09. The number of aliphatic hydroxyl groups excluding tert-OH is 1. The Kier molecular flexibility index (Phi) is 17.3. The van der Waals surface area contributed by atoms with Gasteiger partial charge in [-0.25, -0.2) is 12.8 Å². The van der Waals surface area contributed by atoms with E-state index in [1.807, 2.05) is 79.1 Å². The molecule has 0 spiro atoms. The summed E-state index contributed by atoms with van der Waals surface area (Å²) < 4.78 is 65.4. The number of hydrogen-bond acceptors (Lipinski definition) is 12. The number of halogens is 2. The highest BCUT2D eigenvalue weighted by Crippen LogP contribution is 2.48. The van der Waals surface area contributed by atoms with Gasteiger partial charge in [-0.1, -0.05) is 41.9 Å². The number of hydrogen-bond donors (Lipinski definition) is 3. The van der Waals surface area contributed by atoms with E-state index in [0.29, 0.717) is 76.5 Å². The van der Waals surface area contributed by atoms with E-state index in [4.69, 9.17) is 16.1 Å². The Balaban J connectivity index is 0.969. The largest absolute Gasteiger partial charge is 0.393 e. The minimum atomic E-state index is -3.87. The number of anilines is 4. The minimum absolute atomic E-state index is 0.0896. The molecule has 14 nitrogen and oxygen atoms in total. The van der Waals surface area contributed by atoms with Crippen LogP contribution in [0.2, 0.25) is 5.02 Å². The van der Waals surface area contributed by atoms with Gasteiger partial charge in [-0.2, -0.15) is 0 Å². The SMILES string of the molecule is CCOP(=O)(Nc1ccc(N2CCN(c3cc(F)cc(-c4c(S(C)(=O)=O)c(C)n(C(C)C)c4-c4ccc(Cl)cc4)c3)CC2)cc1)c1ccc(N[C@H](CCN2CCC(O)CC2)CSc2ccccc2)c([N+](=O)[O-])c1. The van der Waals surface area contributed by atoms with Crippen LogP contribution in [0.15, 0.2) is 125 Å². The first kappa shape index (κ1) is 53.9. The Hall–Kier alpha value is -5.39. The minimum Gasteiger partial charge on any atom is -0.393 e. The van der Waals surface area contributed by atoms with Crippen molar-refractivity contribution in [3.8, 4) is 22.4 Å². The van der Waals surface area contributed by atoms with E-state index in [0.717, 1.165) is 55.0 Å². The quantitative estimate of drug-likeness (QED) is 0.0287. The van der Waals surface area contributed by atoms with E-state index in [1.54, 1.807) is 62.0 Å². The number of likely N-dealkylation sites (tertiary alicyclic amines) is 1. The fourth-order valence-electron chi connectivity index (χ4n) is 9.93. The number of piperazine rings is 1. The molecule has 73 heavy (non-hydrogen) atoms. The van der Waals surface area contributed by atoms with Crippen molar-refractivity contribution in [1.29, 1.82) is 0 Å². The van der Waals surface area contributed by atoms with Gasteiger partial charge in [-0.3, -0.25) is 14.7 Å². The Bertz CT molecular complexity index is 3040. The number of nitrogens with one attached hydrogen (secondary N) is 2. The van der Waals surface area contributed by atoms with Gasteiger partial charge in [0.05, 0.1) is 33.5 Å². The second-order valence-corrected chi connectivity index (χ2v) is 24.6. The molecule has 0 amide bonds. The molecule has 0 bridgehead atoms. The molecular weight excluding hydrogens is 1010 g/mol. The molecule has 8 rings (SSSR count). The number of rotatable bonds is 20. The van der Waals surface area contributed by atoms with Gasteiger partial charge in [0.2, 0.25) is 0 Å². The van der Waals surface area contributed by atoms with Gasteiger partial charge < -0.3 is 39.3 Å². The van der Waals surface area contributed by atoms with Crippen LogP contribution in [-0.2, 0) is 18.9 Å². The lowest BCUT2D eigenvalue weighted by Crippen LogP contribution is -2.46. The van der Waals surface area contributed by atoms with Crippen LogP contribution in [0.1, 0.15) is 51.8 Å². The molecule has 3 N–H and O–H groups in total. The first-order valence-corrected chi connectivity index (χ1v) is 29.6. The highest BCUT2D eigenvalue weighted by Gasteiger charge is 2.33. The van der Waals surface area contributed by atoms with Crippen molar-refractivity contribution in [3.05, 3.63) is 142 Å². The molecule has 2 fully saturated rings. The molecule has 0 aliphatic carbocycles. The predicted molar refractivity (Wildman–Crippen MR) is 296 cm³/mol. The molecule has 0 saturated carbocycles. The van der Waals surface area contributed by atoms with Gasteiger partial charge in [0.1, 0.15) is 11.5 Å². The predicted octanol–water partition coefficient (Wildman–Crippen LogP) is 11.5. The molecule has 5 aromatic carbocycles. The first-order chi connectivity index (χ1) is 34.9. The summed E-state index contributed by atoms with van der Waals surface area (Å²) in [5.74, 6) is 0.180. The number of nitrogens with zero attached hydrogens (tertiary/aromatic N) is 5.